The first-order chi connectivity index (χ1) is 12.7. The maximum Gasteiger partial charge on any atom is 0.220 e. The molecule has 0 aliphatic carbocycles. The molecule has 0 saturated heterocycles. The lowest BCUT2D eigenvalue weighted by Gasteiger charge is -2.18. The van der Waals surface area contributed by atoms with E-state index in [-0.39, 0.29) is 6.04 Å². The average molecular weight is 357 g/mol. The number of methoxy groups -OCH3 is 4. The van der Waals surface area contributed by atoms with Gasteiger partial charge in [0, 0.05) is 6.07 Å². The van der Waals surface area contributed by atoms with E-state index < -0.39 is 0 Å². The predicted molar refractivity (Wildman–Crippen MR) is 99.1 cm³/mol. The van der Waals surface area contributed by atoms with Gasteiger partial charge in [-0.3, -0.25) is 0 Å². The van der Waals surface area contributed by atoms with E-state index in [4.69, 9.17) is 28.7 Å². The van der Waals surface area contributed by atoms with Gasteiger partial charge in [0.2, 0.25) is 17.4 Å². The van der Waals surface area contributed by atoms with Crippen LogP contribution in [0.2, 0.25) is 0 Å². The van der Waals surface area contributed by atoms with E-state index in [0.29, 0.717) is 41.1 Å². The van der Waals surface area contributed by atoms with Crippen LogP contribution >= 0.6 is 0 Å². The van der Waals surface area contributed by atoms with Crippen LogP contribution < -0.4 is 18.9 Å². The summed E-state index contributed by atoms with van der Waals surface area (Å²) in [6.07, 6.45) is 0.817. The number of nitrogens with zero attached hydrogens (tertiary/aromatic N) is 1. The van der Waals surface area contributed by atoms with Crippen LogP contribution in [0.4, 0.5) is 0 Å². The molecule has 0 aromatic heterocycles. The zero-order valence-corrected chi connectivity index (χ0v) is 15.4. The summed E-state index contributed by atoms with van der Waals surface area (Å²) >= 11 is 0. The monoisotopic (exact) mass is 357 g/mol. The van der Waals surface area contributed by atoms with Crippen LogP contribution in [-0.2, 0) is 11.2 Å². The van der Waals surface area contributed by atoms with Crippen molar-refractivity contribution < 1.29 is 23.7 Å². The molecular weight excluding hydrogens is 334 g/mol. The summed E-state index contributed by atoms with van der Waals surface area (Å²) in [5.74, 6) is 2.46. The summed E-state index contributed by atoms with van der Waals surface area (Å²) < 4.78 is 27.7. The SMILES string of the molecule is COc1cc(C2=N[C@@H](Cc3ccccc3)CO2)c(OC)c(OC)c1OC. The smallest absolute Gasteiger partial charge is 0.220 e. The van der Waals surface area contributed by atoms with Gasteiger partial charge in [-0.15, -0.1) is 0 Å². The fourth-order valence-corrected chi connectivity index (χ4v) is 3.04. The number of hydrogen-bond donors (Lipinski definition) is 0. The van der Waals surface area contributed by atoms with Gasteiger partial charge in [0.05, 0.1) is 40.0 Å². The fourth-order valence-electron chi connectivity index (χ4n) is 3.04. The van der Waals surface area contributed by atoms with Crippen molar-refractivity contribution in [2.45, 2.75) is 12.5 Å². The van der Waals surface area contributed by atoms with Crippen molar-refractivity contribution in [2.24, 2.45) is 4.99 Å². The van der Waals surface area contributed by atoms with E-state index >= 15 is 0 Å². The lowest BCUT2D eigenvalue weighted by Crippen LogP contribution is -2.10. The third-order valence-corrected chi connectivity index (χ3v) is 4.25. The molecule has 0 radical (unpaired) electrons. The lowest BCUT2D eigenvalue weighted by molar-refractivity contribution is 0.299. The predicted octanol–water partition coefficient (Wildman–Crippen LogP) is 3.11. The minimum absolute atomic E-state index is 0.0520. The van der Waals surface area contributed by atoms with Crippen LogP contribution in [0.15, 0.2) is 41.4 Å². The Morgan fingerprint density at radius 2 is 1.62 bits per heavy atom. The van der Waals surface area contributed by atoms with Crippen LogP contribution in [0, 0.1) is 0 Å². The first-order valence-electron chi connectivity index (χ1n) is 8.33. The van der Waals surface area contributed by atoms with Crippen molar-refractivity contribution in [3.05, 3.63) is 47.5 Å². The summed E-state index contributed by atoms with van der Waals surface area (Å²) in [5.41, 5.74) is 1.90. The van der Waals surface area contributed by atoms with Gasteiger partial charge in [0.25, 0.3) is 0 Å². The molecule has 6 heteroatoms. The van der Waals surface area contributed by atoms with Gasteiger partial charge in [-0.2, -0.15) is 0 Å². The second kappa shape index (κ2) is 7.99. The van der Waals surface area contributed by atoms with Gasteiger partial charge in [-0.25, -0.2) is 4.99 Å². The Balaban J connectivity index is 1.96. The zero-order valence-electron chi connectivity index (χ0n) is 15.4. The maximum atomic E-state index is 5.86. The molecule has 1 heterocycles. The summed E-state index contributed by atoms with van der Waals surface area (Å²) in [4.78, 5) is 4.73. The molecule has 1 atom stereocenters. The molecule has 0 saturated carbocycles. The molecule has 2 aromatic carbocycles. The largest absolute Gasteiger partial charge is 0.493 e. The summed E-state index contributed by atoms with van der Waals surface area (Å²) in [6.45, 7) is 0.518. The van der Waals surface area contributed by atoms with Crippen LogP contribution in [0.3, 0.4) is 0 Å². The third-order valence-electron chi connectivity index (χ3n) is 4.25. The molecule has 1 aliphatic heterocycles. The third kappa shape index (κ3) is 3.40. The summed E-state index contributed by atoms with van der Waals surface area (Å²) in [7, 11) is 6.26. The lowest BCUT2D eigenvalue weighted by atomic mass is 10.1. The minimum atomic E-state index is 0.0520. The van der Waals surface area contributed by atoms with Crippen molar-refractivity contribution in [1.29, 1.82) is 0 Å². The quantitative estimate of drug-likeness (QED) is 0.762. The Hall–Kier alpha value is -2.89. The van der Waals surface area contributed by atoms with E-state index in [0.717, 1.165) is 6.42 Å². The van der Waals surface area contributed by atoms with Gasteiger partial charge in [-0.1, -0.05) is 30.3 Å². The first kappa shape index (κ1) is 17.9. The normalized spacial score (nSPS) is 15.8. The molecule has 26 heavy (non-hydrogen) atoms. The minimum Gasteiger partial charge on any atom is -0.493 e. The van der Waals surface area contributed by atoms with E-state index in [1.807, 2.05) is 18.2 Å². The Morgan fingerprint density at radius 1 is 0.923 bits per heavy atom. The van der Waals surface area contributed by atoms with Gasteiger partial charge in [0.15, 0.2) is 11.5 Å². The van der Waals surface area contributed by atoms with Crippen molar-refractivity contribution in [3.8, 4) is 23.0 Å². The highest BCUT2D eigenvalue weighted by Crippen LogP contribution is 2.47. The molecule has 0 N–H and O–H groups in total. The van der Waals surface area contributed by atoms with Gasteiger partial charge in [-0.05, 0) is 12.0 Å². The van der Waals surface area contributed by atoms with Crippen molar-refractivity contribution >= 4 is 5.90 Å². The van der Waals surface area contributed by atoms with Gasteiger partial charge in [0.1, 0.15) is 6.61 Å². The fraction of sp³-hybridized carbons (Fsp3) is 0.350. The second-order valence-electron chi connectivity index (χ2n) is 5.81. The van der Waals surface area contributed by atoms with Crippen LogP contribution in [0.5, 0.6) is 23.0 Å². The highest BCUT2D eigenvalue weighted by Gasteiger charge is 2.28. The van der Waals surface area contributed by atoms with E-state index in [1.165, 1.54) is 5.56 Å². The zero-order chi connectivity index (χ0) is 18.5. The van der Waals surface area contributed by atoms with Gasteiger partial charge >= 0.3 is 0 Å². The van der Waals surface area contributed by atoms with Gasteiger partial charge < -0.3 is 23.7 Å². The Bertz CT molecular complexity index is 789. The number of hydrogen-bond acceptors (Lipinski definition) is 6. The molecule has 0 bridgehead atoms. The van der Waals surface area contributed by atoms with Crippen molar-refractivity contribution in [3.63, 3.8) is 0 Å². The molecule has 0 fully saturated rings. The van der Waals surface area contributed by atoms with E-state index in [9.17, 15) is 0 Å². The highest BCUT2D eigenvalue weighted by atomic mass is 16.5. The Morgan fingerprint density at radius 3 is 2.23 bits per heavy atom. The van der Waals surface area contributed by atoms with E-state index in [1.54, 1.807) is 34.5 Å². The Kier molecular flexibility index (Phi) is 5.51. The molecular formula is C20H23NO5. The second-order valence-corrected chi connectivity index (χ2v) is 5.81. The standard InChI is InChI=1S/C20H23NO5/c1-22-16-11-15(17(23-2)19(25-4)18(16)24-3)20-21-14(12-26-20)10-13-8-6-5-7-9-13/h5-9,11,14H,10,12H2,1-4H3/t14-/m0/s1. The molecule has 3 rings (SSSR count). The molecule has 0 spiro atoms. The van der Waals surface area contributed by atoms with Crippen LogP contribution in [0.25, 0.3) is 0 Å². The number of rotatable bonds is 7. The van der Waals surface area contributed by atoms with E-state index in [2.05, 4.69) is 12.1 Å². The molecule has 0 amide bonds. The molecule has 138 valence electrons. The number of aliphatic imine (C=N–C) groups is 1. The molecule has 1 aliphatic rings. The molecule has 2 aromatic rings. The van der Waals surface area contributed by atoms with Crippen molar-refractivity contribution in [1.82, 2.24) is 0 Å². The van der Waals surface area contributed by atoms with Crippen molar-refractivity contribution in [2.75, 3.05) is 35.0 Å². The maximum absolute atomic E-state index is 5.86. The first-order valence-corrected chi connectivity index (χ1v) is 8.33. The van der Waals surface area contributed by atoms with Crippen LogP contribution in [-0.4, -0.2) is 47.0 Å². The topological polar surface area (TPSA) is 58.5 Å². The number of benzene rings is 2. The van der Waals surface area contributed by atoms with Crippen LogP contribution in [0.1, 0.15) is 11.1 Å². The Labute approximate surface area is 153 Å². The average Bonchev–Trinajstić information content (AvgIpc) is 3.15. The highest BCUT2D eigenvalue weighted by molar-refractivity contribution is 6.00. The molecule has 0 unspecified atom stereocenters. The summed E-state index contributed by atoms with van der Waals surface area (Å²) in [6, 6.07) is 12.1. The summed E-state index contributed by atoms with van der Waals surface area (Å²) in [5, 5.41) is 0. The molecule has 6 nitrogen and oxygen atoms in total. The number of ether oxygens (including phenoxy) is 5.